The molecule has 1 nitrogen and oxygen atoms in total. The molecular weight excluding hydrogens is 117 g/mol. The summed E-state index contributed by atoms with van der Waals surface area (Å²) >= 11 is 0. The van der Waals surface area contributed by atoms with Crippen LogP contribution in [0.3, 0.4) is 0 Å². The molecule has 1 atom stereocenters. The van der Waals surface area contributed by atoms with E-state index in [2.05, 4.69) is 13.8 Å². The molecule has 1 unspecified atom stereocenters. The Balaban J connectivity index is 0. The van der Waals surface area contributed by atoms with Gasteiger partial charge in [0, 0.05) is 6.04 Å². The van der Waals surface area contributed by atoms with E-state index < -0.39 is 0 Å². The molecule has 0 saturated heterocycles. The Morgan fingerprint density at radius 2 is 1.80 bits per heavy atom. The standard InChI is InChI=1S/C8H19N.Li.H/c1-3-5-6-7-8(9)4-2;;/h8H,3-7,9H2,1-2H3;;. The van der Waals surface area contributed by atoms with Crippen LogP contribution < -0.4 is 5.73 Å². The average Bonchev–Trinajstić information content (AvgIpc) is 1.89. The molecule has 58 valence electrons. The van der Waals surface area contributed by atoms with Crippen LogP contribution in [0.4, 0.5) is 0 Å². The number of rotatable bonds is 5. The Kier molecular flexibility index (Phi) is 12.6. The summed E-state index contributed by atoms with van der Waals surface area (Å²) in [6.45, 7) is 4.37. The normalized spacial score (nSPS) is 12.3. The SMILES string of the molecule is CCCCCC(N)CC.[LiH]. The van der Waals surface area contributed by atoms with Crippen molar-refractivity contribution >= 4 is 18.9 Å². The Labute approximate surface area is 76.9 Å². The zero-order valence-corrected chi connectivity index (χ0v) is 6.69. The monoisotopic (exact) mass is 137 g/mol. The van der Waals surface area contributed by atoms with Crippen molar-refractivity contribution in [3.63, 3.8) is 0 Å². The van der Waals surface area contributed by atoms with Crippen molar-refractivity contribution in [1.82, 2.24) is 0 Å². The Hall–Kier alpha value is 0.557. The summed E-state index contributed by atoms with van der Waals surface area (Å²) in [5.41, 5.74) is 5.71. The number of hydrogen-bond acceptors (Lipinski definition) is 1. The van der Waals surface area contributed by atoms with Crippen molar-refractivity contribution in [2.75, 3.05) is 0 Å². The third kappa shape index (κ3) is 8.56. The first-order valence-corrected chi connectivity index (χ1v) is 4.06. The van der Waals surface area contributed by atoms with Gasteiger partial charge in [-0.15, -0.1) is 0 Å². The molecule has 0 radical (unpaired) electrons. The molecule has 0 amide bonds. The summed E-state index contributed by atoms with van der Waals surface area (Å²) < 4.78 is 0. The molecule has 0 saturated carbocycles. The Morgan fingerprint density at radius 3 is 2.20 bits per heavy atom. The average molecular weight is 137 g/mol. The predicted octanol–water partition coefficient (Wildman–Crippen LogP) is 1.66. The maximum atomic E-state index is 5.71. The molecule has 0 aromatic rings. The van der Waals surface area contributed by atoms with Crippen LogP contribution in [0.15, 0.2) is 0 Å². The minimum absolute atomic E-state index is 0. The zero-order valence-electron chi connectivity index (χ0n) is 6.69. The van der Waals surface area contributed by atoms with E-state index in [0.29, 0.717) is 6.04 Å². The summed E-state index contributed by atoms with van der Waals surface area (Å²) in [7, 11) is 0. The van der Waals surface area contributed by atoms with Gasteiger partial charge in [-0.2, -0.15) is 0 Å². The topological polar surface area (TPSA) is 26.0 Å². The summed E-state index contributed by atoms with van der Waals surface area (Å²) in [6.07, 6.45) is 6.30. The Morgan fingerprint density at radius 1 is 1.20 bits per heavy atom. The van der Waals surface area contributed by atoms with Crippen molar-refractivity contribution in [3.8, 4) is 0 Å². The molecule has 0 aliphatic rings. The van der Waals surface area contributed by atoms with E-state index in [9.17, 15) is 0 Å². The third-order valence-corrected chi connectivity index (χ3v) is 1.70. The first-order valence-electron chi connectivity index (χ1n) is 4.06. The molecule has 10 heavy (non-hydrogen) atoms. The second kappa shape index (κ2) is 9.56. The molecule has 0 spiro atoms. The quantitative estimate of drug-likeness (QED) is 0.452. The van der Waals surface area contributed by atoms with Crippen LogP contribution >= 0.6 is 0 Å². The van der Waals surface area contributed by atoms with Gasteiger partial charge in [-0.05, 0) is 12.8 Å². The van der Waals surface area contributed by atoms with Crippen molar-refractivity contribution in [1.29, 1.82) is 0 Å². The van der Waals surface area contributed by atoms with Gasteiger partial charge in [-0.3, -0.25) is 0 Å². The van der Waals surface area contributed by atoms with E-state index >= 15 is 0 Å². The fourth-order valence-corrected chi connectivity index (χ4v) is 0.861. The number of unbranched alkanes of at least 4 members (excludes halogenated alkanes) is 2. The molecule has 0 heterocycles. The van der Waals surface area contributed by atoms with Crippen LogP contribution in [0.1, 0.15) is 46.0 Å². The fourth-order valence-electron chi connectivity index (χ4n) is 0.861. The second-order valence-corrected chi connectivity index (χ2v) is 2.66. The van der Waals surface area contributed by atoms with Gasteiger partial charge in [0.05, 0.1) is 0 Å². The first-order chi connectivity index (χ1) is 4.31. The molecule has 0 aliphatic carbocycles. The van der Waals surface area contributed by atoms with Crippen molar-refractivity contribution in [3.05, 3.63) is 0 Å². The van der Waals surface area contributed by atoms with E-state index in [1.165, 1.54) is 25.7 Å². The zero-order chi connectivity index (χ0) is 7.11. The van der Waals surface area contributed by atoms with Crippen molar-refractivity contribution in [2.45, 2.75) is 52.0 Å². The predicted molar refractivity (Wildman–Crippen MR) is 49.6 cm³/mol. The molecule has 2 heteroatoms. The van der Waals surface area contributed by atoms with Gasteiger partial charge in [-0.1, -0.05) is 33.1 Å². The van der Waals surface area contributed by atoms with E-state index in [1.807, 2.05) is 0 Å². The Bertz CT molecular complexity index is 57.2. The van der Waals surface area contributed by atoms with E-state index in [-0.39, 0.29) is 18.9 Å². The second-order valence-electron chi connectivity index (χ2n) is 2.66. The molecule has 2 N–H and O–H groups in total. The maximum absolute atomic E-state index is 5.71. The molecular formula is C8H20LiN. The first kappa shape index (κ1) is 13.2. The third-order valence-electron chi connectivity index (χ3n) is 1.70. The molecule has 0 bridgehead atoms. The molecule has 0 aromatic heterocycles. The van der Waals surface area contributed by atoms with E-state index in [4.69, 9.17) is 5.73 Å². The van der Waals surface area contributed by atoms with Gasteiger partial charge >= 0.3 is 18.9 Å². The van der Waals surface area contributed by atoms with Gasteiger partial charge in [0.25, 0.3) is 0 Å². The molecule has 0 fully saturated rings. The van der Waals surface area contributed by atoms with Crippen LogP contribution in [-0.2, 0) is 0 Å². The molecule has 0 aromatic carbocycles. The van der Waals surface area contributed by atoms with Crippen LogP contribution in [0.5, 0.6) is 0 Å². The van der Waals surface area contributed by atoms with Crippen LogP contribution in [-0.4, -0.2) is 24.9 Å². The van der Waals surface area contributed by atoms with Gasteiger partial charge in [-0.25, -0.2) is 0 Å². The van der Waals surface area contributed by atoms with Crippen LogP contribution in [0.25, 0.3) is 0 Å². The van der Waals surface area contributed by atoms with Crippen LogP contribution in [0, 0.1) is 0 Å². The van der Waals surface area contributed by atoms with Gasteiger partial charge in [0.1, 0.15) is 0 Å². The van der Waals surface area contributed by atoms with Crippen LogP contribution in [0.2, 0.25) is 0 Å². The summed E-state index contributed by atoms with van der Waals surface area (Å²) in [4.78, 5) is 0. The minimum atomic E-state index is 0. The van der Waals surface area contributed by atoms with Gasteiger partial charge in [0.2, 0.25) is 0 Å². The van der Waals surface area contributed by atoms with Gasteiger partial charge < -0.3 is 5.73 Å². The van der Waals surface area contributed by atoms with E-state index in [1.54, 1.807) is 0 Å². The molecule has 0 aliphatic heterocycles. The van der Waals surface area contributed by atoms with Gasteiger partial charge in [0.15, 0.2) is 0 Å². The van der Waals surface area contributed by atoms with Crippen molar-refractivity contribution in [2.24, 2.45) is 5.73 Å². The number of nitrogens with two attached hydrogens (primary N) is 1. The van der Waals surface area contributed by atoms with E-state index in [0.717, 1.165) is 6.42 Å². The molecule has 0 rings (SSSR count). The fraction of sp³-hybridized carbons (Fsp3) is 1.00. The summed E-state index contributed by atoms with van der Waals surface area (Å²) in [5.74, 6) is 0. The number of hydrogen-bond donors (Lipinski definition) is 1. The summed E-state index contributed by atoms with van der Waals surface area (Å²) in [6, 6.07) is 0.455. The van der Waals surface area contributed by atoms with Crippen molar-refractivity contribution < 1.29 is 0 Å². The summed E-state index contributed by atoms with van der Waals surface area (Å²) in [5, 5.41) is 0.